The van der Waals surface area contributed by atoms with Gasteiger partial charge >= 0.3 is 0 Å². The van der Waals surface area contributed by atoms with Gasteiger partial charge in [0.05, 0.1) is 11.2 Å². The molecule has 0 radical (unpaired) electrons. The second kappa shape index (κ2) is 9.53. The van der Waals surface area contributed by atoms with Gasteiger partial charge in [-0.05, 0) is 49.7 Å². The number of rotatable bonds is 6. The number of nitrogens with one attached hydrogen (secondary N) is 3. The smallest absolute Gasteiger partial charge is 0.261 e. The summed E-state index contributed by atoms with van der Waals surface area (Å²) in [5.41, 5.74) is 2.02. The minimum atomic E-state index is -0.519. The number of H-pyrrole nitrogens is 1. The zero-order chi connectivity index (χ0) is 22.7. The Balaban J connectivity index is 1.59. The van der Waals surface area contributed by atoms with E-state index in [2.05, 4.69) is 27.6 Å². The van der Waals surface area contributed by atoms with Gasteiger partial charge in [-0.2, -0.15) is 0 Å². The summed E-state index contributed by atoms with van der Waals surface area (Å²) in [6.07, 6.45) is 6.21. The SMILES string of the molecule is CNc1cc(F)cc2cc(C(=O)Nc3ccccc3CN(C)C3CCCCC3)c(=O)[nH]c12. The van der Waals surface area contributed by atoms with E-state index < -0.39 is 17.3 Å². The zero-order valence-corrected chi connectivity index (χ0v) is 18.5. The van der Waals surface area contributed by atoms with Crippen molar-refractivity contribution >= 4 is 28.2 Å². The highest BCUT2D eigenvalue weighted by atomic mass is 19.1. The van der Waals surface area contributed by atoms with Gasteiger partial charge in [0.15, 0.2) is 0 Å². The number of carbonyl (C=O) groups is 1. The molecule has 1 saturated carbocycles. The Morgan fingerprint density at radius 3 is 2.62 bits per heavy atom. The standard InChI is InChI=1S/C25H29FN4O2/c1-27-22-14-18(26)12-17-13-20(25(32)29-23(17)22)24(31)28-21-11-7-6-8-16(21)15-30(2)19-9-4-3-5-10-19/h6-8,11-14,19,27H,3-5,9-10,15H2,1-2H3,(H,28,31)(H,29,32). The van der Waals surface area contributed by atoms with Crippen LogP contribution < -0.4 is 16.2 Å². The molecule has 0 atom stereocenters. The van der Waals surface area contributed by atoms with E-state index in [1.165, 1.54) is 50.3 Å². The van der Waals surface area contributed by atoms with Crippen LogP contribution in [0.5, 0.6) is 0 Å². The molecule has 2 aromatic carbocycles. The fraction of sp³-hybridized carbons (Fsp3) is 0.360. The van der Waals surface area contributed by atoms with Crippen molar-refractivity contribution in [1.82, 2.24) is 9.88 Å². The molecular weight excluding hydrogens is 407 g/mol. The molecule has 1 aliphatic rings. The van der Waals surface area contributed by atoms with Gasteiger partial charge in [-0.25, -0.2) is 4.39 Å². The summed E-state index contributed by atoms with van der Waals surface area (Å²) < 4.78 is 14.0. The summed E-state index contributed by atoms with van der Waals surface area (Å²) in [5.74, 6) is -0.965. The molecule has 32 heavy (non-hydrogen) atoms. The van der Waals surface area contributed by atoms with E-state index in [1.54, 1.807) is 7.05 Å². The van der Waals surface area contributed by atoms with Crippen LogP contribution in [0.1, 0.15) is 48.0 Å². The van der Waals surface area contributed by atoms with E-state index in [0.717, 1.165) is 5.56 Å². The number of benzene rings is 2. The topological polar surface area (TPSA) is 77.2 Å². The quantitative estimate of drug-likeness (QED) is 0.522. The molecule has 168 valence electrons. The number of para-hydroxylation sites is 1. The number of hydrogen-bond acceptors (Lipinski definition) is 4. The largest absolute Gasteiger partial charge is 0.386 e. The van der Waals surface area contributed by atoms with Crippen LogP contribution in [0.2, 0.25) is 0 Å². The van der Waals surface area contributed by atoms with Gasteiger partial charge in [-0.15, -0.1) is 0 Å². The highest BCUT2D eigenvalue weighted by Gasteiger charge is 2.20. The molecule has 3 N–H and O–H groups in total. The van der Waals surface area contributed by atoms with E-state index in [9.17, 15) is 14.0 Å². The fourth-order valence-corrected chi connectivity index (χ4v) is 4.54. The van der Waals surface area contributed by atoms with Gasteiger partial charge in [0.2, 0.25) is 0 Å². The number of nitrogens with zero attached hydrogens (tertiary/aromatic N) is 1. The van der Waals surface area contributed by atoms with E-state index >= 15 is 0 Å². The van der Waals surface area contributed by atoms with Crippen molar-refractivity contribution < 1.29 is 9.18 Å². The zero-order valence-electron chi connectivity index (χ0n) is 18.5. The highest BCUT2D eigenvalue weighted by molar-refractivity contribution is 6.06. The summed E-state index contributed by atoms with van der Waals surface area (Å²) >= 11 is 0. The number of fused-ring (bicyclic) bond motifs is 1. The van der Waals surface area contributed by atoms with Gasteiger partial charge in [0.25, 0.3) is 11.5 Å². The molecule has 1 aliphatic carbocycles. The maximum atomic E-state index is 14.0. The van der Waals surface area contributed by atoms with Crippen LogP contribution in [0.25, 0.3) is 10.9 Å². The minimum absolute atomic E-state index is 0.0550. The van der Waals surface area contributed by atoms with Crippen molar-refractivity contribution in [2.45, 2.75) is 44.7 Å². The van der Waals surface area contributed by atoms with Crippen molar-refractivity contribution in [3.05, 3.63) is 69.8 Å². The number of pyridine rings is 1. The minimum Gasteiger partial charge on any atom is -0.386 e. The molecule has 0 saturated heterocycles. The van der Waals surface area contributed by atoms with Crippen molar-refractivity contribution in [1.29, 1.82) is 0 Å². The number of amides is 1. The van der Waals surface area contributed by atoms with Crippen molar-refractivity contribution in [2.24, 2.45) is 0 Å². The molecule has 1 aromatic heterocycles. The summed E-state index contributed by atoms with van der Waals surface area (Å²) in [6, 6.07) is 12.2. The monoisotopic (exact) mass is 436 g/mol. The third-order valence-electron chi connectivity index (χ3n) is 6.31. The van der Waals surface area contributed by atoms with Crippen molar-refractivity contribution in [3.8, 4) is 0 Å². The van der Waals surface area contributed by atoms with E-state index in [4.69, 9.17) is 0 Å². The molecule has 1 fully saturated rings. The van der Waals surface area contributed by atoms with E-state index in [1.807, 2.05) is 24.3 Å². The second-order valence-electron chi connectivity index (χ2n) is 8.50. The average molecular weight is 437 g/mol. The average Bonchev–Trinajstić information content (AvgIpc) is 2.80. The van der Waals surface area contributed by atoms with Crippen LogP contribution in [0.15, 0.2) is 47.3 Å². The molecule has 6 nitrogen and oxygen atoms in total. The number of hydrogen-bond donors (Lipinski definition) is 3. The Bertz CT molecular complexity index is 1180. The Morgan fingerprint density at radius 1 is 1.12 bits per heavy atom. The predicted molar refractivity (Wildman–Crippen MR) is 127 cm³/mol. The molecule has 3 aromatic rings. The summed E-state index contributed by atoms with van der Waals surface area (Å²) in [6.45, 7) is 0.714. The maximum absolute atomic E-state index is 14.0. The van der Waals surface area contributed by atoms with Gasteiger partial charge < -0.3 is 15.6 Å². The first-order chi connectivity index (χ1) is 15.5. The molecule has 0 spiro atoms. The number of halogens is 1. The lowest BCUT2D eigenvalue weighted by molar-refractivity contribution is 0.102. The summed E-state index contributed by atoms with van der Waals surface area (Å²) in [4.78, 5) is 30.7. The summed E-state index contributed by atoms with van der Waals surface area (Å²) in [7, 11) is 3.77. The number of aromatic nitrogens is 1. The Kier molecular flexibility index (Phi) is 6.55. The lowest BCUT2D eigenvalue weighted by Gasteiger charge is -2.31. The normalized spacial score (nSPS) is 14.6. The molecule has 1 amide bonds. The predicted octanol–water partition coefficient (Wildman–Crippen LogP) is 4.73. The molecule has 1 heterocycles. The summed E-state index contributed by atoms with van der Waals surface area (Å²) in [5, 5.41) is 6.20. The highest BCUT2D eigenvalue weighted by Crippen LogP contribution is 2.26. The lowest BCUT2D eigenvalue weighted by atomic mass is 9.94. The Morgan fingerprint density at radius 2 is 1.88 bits per heavy atom. The Hall–Kier alpha value is -3.19. The van der Waals surface area contributed by atoms with Crippen molar-refractivity contribution in [3.63, 3.8) is 0 Å². The van der Waals surface area contributed by atoms with Crippen LogP contribution in [-0.2, 0) is 6.54 Å². The first-order valence-corrected chi connectivity index (χ1v) is 11.1. The van der Waals surface area contributed by atoms with E-state index in [0.29, 0.717) is 34.9 Å². The molecule has 7 heteroatoms. The van der Waals surface area contributed by atoms with Gasteiger partial charge in [0.1, 0.15) is 11.4 Å². The van der Waals surface area contributed by atoms with Crippen molar-refractivity contribution in [2.75, 3.05) is 24.7 Å². The third-order valence-corrected chi connectivity index (χ3v) is 6.31. The molecule has 0 bridgehead atoms. The van der Waals surface area contributed by atoms with Crippen LogP contribution in [0.4, 0.5) is 15.8 Å². The fourth-order valence-electron chi connectivity index (χ4n) is 4.54. The third kappa shape index (κ3) is 4.67. The van der Waals surface area contributed by atoms with Crippen LogP contribution in [-0.4, -0.2) is 35.9 Å². The van der Waals surface area contributed by atoms with E-state index in [-0.39, 0.29) is 5.56 Å². The molecule has 4 rings (SSSR count). The van der Waals surface area contributed by atoms with Gasteiger partial charge in [-0.1, -0.05) is 37.5 Å². The molecule has 0 aliphatic heterocycles. The first-order valence-electron chi connectivity index (χ1n) is 11.1. The number of aromatic amines is 1. The van der Waals surface area contributed by atoms with Gasteiger partial charge in [0, 0.05) is 30.7 Å². The number of anilines is 2. The first kappa shape index (κ1) is 22.0. The lowest BCUT2D eigenvalue weighted by Crippen LogP contribution is -2.33. The Labute approximate surface area is 186 Å². The second-order valence-corrected chi connectivity index (χ2v) is 8.50. The van der Waals surface area contributed by atoms with Crippen LogP contribution >= 0.6 is 0 Å². The maximum Gasteiger partial charge on any atom is 0.261 e. The van der Waals surface area contributed by atoms with Crippen LogP contribution in [0, 0.1) is 5.82 Å². The van der Waals surface area contributed by atoms with Gasteiger partial charge in [-0.3, -0.25) is 14.5 Å². The molecule has 0 unspecified atom stereocenters. The number of carbonyl (C=O) groups excluding carboxylic acids is 1. The van der Waals surface area contributed by atoms with Crippen LogP contribution in [0.3, 0.4) is 0 Å². The molecular formula is C25H29FN4O2.